The van der Waals surface area contributed by atoms with E-state index in [0.29, 0.717) is 19.6 Å². The van der Waals surface area contributed by atoms with Gasteiger partial charge < -0.3 is 19.9 Å². The average molecular weight is 378 g/mol. The number of hydrogen-bond acceptors (Lipinski definition) is 3. The Kier molecular flexibility index (Phi) is 5.46. The number of rotatable bonds is 5. The third-order valence-electron chi connectivity index (χ3n) is 5.34. The number of hydrogen-bond donors (Lipinski definition) is 2. The monoisotopic (exact) mass is 378 g/mol. The Morgan fingerprint density at radius 2 is 2.14 bits per heavy atom. The molecule has 0 atom stereocenters. The van der Waals surface area contributed by atoms with Crippen LogP contribution in [0, 0.1) is 6.92 Å². The molecule has 0 radical (unpaired) electrons. The number of piperidine rings is 1. The normalized spacial score (nSPS) is 15.0. The fourth-order valence-electron chi connectivity index (χ4n) is 3.72. The lowest BCUT2D eigenvalue weighted by Gasteiger charge is -2.32. The second-order valence-corrected chi connectivity index (χ2v) is 7.29. The lowest BCUT2D eigenvalue weighted by atomic mass is 10.1. The Hall–Kier alpha value is -3.02. The van der Waals surface area contributed by atoms with Crippen LogP contribution in [0.15, 0.2) is 48.9 Å². The maximum absolute atomic E-state index is 12.5. The predicted octanol–water partition coefficient (Wildman–Crippen LogP) is 3.67. The summed E-state index contributed by atoms with van der Waals surface area (Å²) in [7, 11) is 0. The molecule has 0 bridgehead atoms. The molecular formula is C22H26N4O2. The van der Waals surface area contributed by atoms with Gasteiger partial charge in [0.1, 0.15) is 11.9 Å². The first-order valence-electron chi connectivity index (χ1n) is 9.86. The van der Waals surface area contributed by atoms with Crippen LogP contribution in [-0.2, 0) is 6.42 Å². The van der Waals surface area contributed by atoms with Crippen LogP contribution in [0.25, 0.3) is 10.9 Å². The number of amides is 2. The van der Waals surface area contributed by atoms with E-state index in [-0.39, 0.29) is 12.1 Å². The zero-order chi connectivity index (χ0) is 19.3. The molecule has 0 aliphatic carbocycles. The number of benzene rings is 1. The van der Waals surface area contributed by atoms with Gasteiger partial charge in [0.25, 0.3) is 0 Å². The van der Waals surface area contributed by atoms with E-state index in [1.54, 1.807) is 6.20 Å². The van der Waals surface area contributed by atoms with E-state index in [1.807, 2.05) is 30.3 Å². The van der Waals surface area contributed by atoms with Crippen LogP contribution in [0.2, 0.25) is 0 Å². The second-order valence-electron chi connectivity index (χ2n) is 7.29. The third-order valence-corrected chi connectivity index (χ3v) is 5.34. The number of aryl methyl sites for hydroxylation is 1. The van der Waals surface area contributed by atoms with Gasteiger partial charge in [0, 0.05) is 62.1 Å². The number of H-pyrrole nitrogens is 1. The molecule has 1 aromatic carbocycles. The van der Waals surface area contributed by atoms with Crippen LogP contribution < -0.4 is 10.1 Å². The summed E-state index contributed by atoms with van der Waals surface area (Å²) in [6.45, 7) is 4.06. The van der Waals surface area contributed by atoms with Crippen LogP contribution >= 0.6 is 0 Å². The van der Waals surface area contributed by atoms with Crippen LogP contribution in [0.1, 0.15) is 24.0 Å². The van der Waals surface area contributed by atoms with E-state index < -0.39 is 0 Å². The average Bonchev–Trinajstić information content (AvgIpc) is 3.20. The molecule has 0 spiro atoms. The molecule has 1 saturated heterocycles. The van der Waals surface area contributed by atoms with Gasteiger partial charge in [-0.3, -0.25) is 4.98 Å². The summed E-state index contributed by atoms with van der Waals surface area (Å²) in [5.41, 5.74) is 3.42. The molecule has 1 aliphatic rings. The number of carbonyl (C=O) groups excluding carboxylic acids is 1. The summed E-state index contributed by atoms with van der Waals surface area (Å²) >= 11 is 0. The maximum Gasteiger partial charge on any atom is 0.317 e. The van der Waals surface area contributed by atoms with Gasteiger partial charge in [-0.25, -0.2) is 4.79 Å². The van der Waals surface area contributed by atoms with Crippen molar-refractivity contribution in [1.82, 2.24) is 20.2 Å². The van der Waals surface area contributed by atoms with Gasteiger partial charge in [-0.2, -0.15) is 0 Å². The minimum atomic E-state index is 0.0113. The Morgan fingerprint density at radius 1 is 1.29 bits per heavy atom. The van der Waals surface area contributed by atoms with Crippen LogP contribution in [0.5, 0.6) is 5.75 Å². The Morgan fingerprint density at radius 3 is 2.96 bits per heavy atom. The van der Waals surface area contributed by atoms with Crippen molar-refractivity contribution in [1.29, 1.82) is 0 Å². The van der Waals surface area contributed by atoms with E-state index in [9.17, 15) is 4.79 Å². The largest absolute Gasteiger partial charge is 0.490 e. The molecule has 2 aromatic heterocycles. The highest BCUT2D eigenvalue weighted by molar-refractivity contribution is 5.82. The first-order chi connectivity index (χ1) is 13.7. The van der Waals surface area contributed by atoms with Crippen molar-refractivity contribution < 1.29 is 9.53 Å². The van der Waals surface area contributed by atoms with Crippen LogP contribution in [0.4, 0.5) is 4.79 Å². The summed E-state index contributed by atoms with van der Waals surface area (Å²) in [6, 6.07) is 10.2. The number of aromatic amines is 1. The number of nitrogens with zero attached hydrogens (tertiary/aromatic N) is 2. The number of likely N-dealkylation sites (tertiary alicyclic amines) is 1. The lowest BCUT2D eigenvalue weighted by molar-refractivity contribution is 0.110. The number of urea groups is 1. The van der Waals surface area contributed by atoms with Crippen molar-refractivity contribution in [3.05, 3.63) is 60.0 Å². The number of ether oxygens (including phenoxy) is 1. The first kappa shape index (κ1) is 18.3. The standard InChI is InChI=1S/C22H26N4O2/c1-16-15-23-10-7-20(16)28-19-8-13-26(14-9-19)22(27)25-12-6-18-4-2-3-17-5-11-24-21(17)18/h2-5,7,10-11,15,19,24H,6,8-9,12-14H2,1H3,(H,25,27). The molecule has 3 aromatic rings. The van der Waals surface area contributed by atoms with Crippen LogP contribution in [-0.4, -0.2) is 46.6 Å². The van der Waals surface area contributed by atoms with Gasteiger partial charge in [-0.1, -0.05) is 18.2 Å². The Bertz CT molecular complexity index is 944. The summed E-state index contributed by atoms with van der Waals surface area (Å²) in [6.07, 6.45) is 8.16. The van der Waals surface area contributed by atoms with Gasteiger partial charge in [0.15, 0.2) is 0 Å². The molecule has 0 unspecified atom stereocenters. The van der Waals surface area contributed by atoms with Crippen molar-refractivity contribution in [2.45, 2.75) is 32.3 Å². The number of fused-ring (bicyclic) bond motifs is 1. The molecule has 4 rings (SSSR count). The maximum atomic E-state index is 12.5. The highest BCUT2D eigenvalue weighted by Crippen LogP contribution is 2.22. The molecule has 2 amide bonds. The van der Waals surface area contributed by atoms with Gasteiger partial charge >= 0.3 is 6.03 Å². The minimum Gasteiger partial charge on any atom is -0.490 e. The van der Waals surface area contributed by atoms with Gasteiger partial charge in [-0.05, 0) is 36.4 Å². The highest BCUT2D eigenvalue weighted by atomic mass is 16.5. The number of aromatic nitrogens is 2. The van der Waals surface area contributed by atoms with Gasteiger partial charge in [0.05, 0.1) is 0 Å². The first-order valence-corrected chi connectivity index (χ1v) is 9.86. The van der Waals surface area contributed by atoms with Crippen LogP contribution in [0.3, 0.4) is 0 Å². The van der Waals surface area contributed by atoms with Crippen molar-refractivity contribution in [2.75, 3.05) is 19.6 Å². The summed E-state index contributed by atoms with van der Waals surface area (Å²) in [4.78, 5) is 21.7. The zero-order valence-corrected chi connectivity index (χ0v) is 16.1. The quantitative estimate of drug-likeness (QED) is 0.712. The molecule has 0 saturated carbocycles. The lowest BCUT2D eigenvalue weighted by Crippen LogP contribution is -2.46. The van der Waals surface area contributed by atoms with Crippen molar-refractivity contribution in [2.24, 2.45) is 0 Å². The van der Waals surface area contributed by atoms with E-state index >= 15 is 0 Å². The molecule has 28 heavy (non-hydrogen) atoms. The van der Waals surface area contributed by atoms with Crippen molar-refractivity contribution in [3.8, 4) is 5.75 Å². The molecule has 2 N–H and O–H groups in total. The molecule has 6 heteroatoms. The summed E-state index contributed by atoms with van der Waals surface area (Å²) < 4.78 is 6.08. The molecule has 146 valence electrons. The Balaban J connectivity index is 1.23. The SMILES string of the molecule is Cc1cnccc1OC1CCN(C(=O)NCCc2cccc3cc[nH]c23)CC1. The van der Waals surface area contributed by atoms with E-state index in [0.717, 1.165) is 36.1 Å². The second kappa shape index (κ2) is 8.33. The highest BCUT2D eigenvalue weighted by Gasteiger charge is 2.24. The zero-order valence-electron chi connectivity index (χ0n) is 16.1. The summed E-state index contributed by atoms with van der Waals surface area (Å²) in [5.74, 6) is 0.886. The van der Waals surface area contributed by atoms with E-state index in [2.05, 4.69) is 39.6 Å². The fraction of sp³-hybridized carbons (Fsp3) is 0.364. The fourth-order valence-corrected chi connectivity index (χ4v) is 3.72. The van der Waals surface area contributed by atoms with E-state index in [4.69, 9.17) is 4.74 Å². The number of pyridine rings is 1. The predicted molar refractivity (Wildman–Crippen MR) is 110 cm³/mol. The molecule has 6 nitrogen and oxygen atoms in total. The Labute approximate surface area is 164 Å². The van der Waals surface area contributed by atoms with Gasteiger partial charge in [-0.15, -0.1) is 0 Å². The van der Waals surface area contributed by atoms with E-state index in [1.165, 1.54) is 10.9 Å². The summed E-state index contributed by atoms with van der Waals surface area (Å²) in [5, 5.41) is 4.26. The number of para-hydroxylation sites is 1. The van der Waals surface area contributed by atoms with Gasteiger partial charge in [0.2, 0.25) is 0 Å². The van der Waals surface area contributed by atoms with Crippen molar-refractivity contribution >= 4 is 16.9 Å². The van der Waals surface area contributed by atoms with Crippen molar-refractivity contribution in [3.63, 3.8) is 0 Å². The third kappa shape index (κ3) is 4.11. The number of carbonyl (C=O) groups is 1. The topological polar surface area (TPSA) is 70.2 Å². The molecule has 1 aliphatic heterocycles. The smallest absolute Gasteiger partial charge is 0.317 e. The molecule has 3 heterocycles. The minimum absolute atomic E-state index is 0.0113. The molecule has 1 fully saturated rings. The molecular weight excluding hydrogens is 352 g/mol. The number of nitrogens with one attached hydrogen (secondary N) is 2.